The molecule has 2 aliphatic rings. The van der Waals surface area contributed by atoms with E-state index in [0.717, 1.165) is 29.5 Å². The Balaban J connectivity index is 1.53. The molecule has 2 aliphatic heterocycles. The van der Waals surface area contributed by atoms with Crippen molar-refractivity contribution in [2.45, 2.75) is 12.5 Å². The first-order valence-electron chi connectivity index (χ1n) is 8.21. The largest absolute Gasteiger partial charge is 0.329 e. The second-order valence-electron chi connectivity index (χ2n) is 6.44. The van der Waals surface area contributed by atoms with E-state index in [2.05, 4.69) is 15.9 Å². The van der Waals surface area contributed by atoms with Gasteiger partial charge in [-0.1, -0.05) is 34.1 Å². The SMILES string of the molecule is O=C(/C=C/c1ccccc1Br)N1CC[NH+]([C@H]2CCS(=O)(=O)C2)CC1. The first-order valence-corrected chi connectivity index (χ1v) is 10.8. The van der Waals surface area contributed by atoms with Crippen LogP contribution >= 0.6 is 15.9 Å². The predicted octanol–water partition coefficient (Wildman–Crippen LogP) is 0.377. The maximum atomic E-state index is 12.3. The number of piperazine rings is 1. The van der Waals surface area contributed by atoms with E-state index >= 15 is 0 Å². The maximum absolute atomic E-state index is 12.3. The van der Waals surface area contributed by atoms with Crippen LogP contribution < -0.4 is 4.90 Å². The van der Waals surface area contributed by atoms with E-state index in [1.165, 1.54) is 4.90 Å². The predicted molar refractivity (Wildman–Crippen MR) is 97.5 cm³/mol. The maximum Gasteiger partial charge on any atom is 0.246 e. The molecule has 2 saturated heterocycles. The minimum atomic E-state index is -2.83. The normalized spacial score (nSPS) is 24.5. The fraction of sp³-hybridized carbons (Fsp3) is 0.471. The molecule has 0 spiro atoms. The smallest absolute Gasteiger partial charge is 0.246 e. The lowest BCUT2D eigenvalue weighted by Gasteiger charge is -2.34. The minimum Gasteiger partial charge on any atom is -0.329 e. The van der Waals surface area contributed by atoms with Crippen LogP contribution in [0.2, 0.25) is 0 Å². The fourth-order valence-corrected chi connectivity index (χ4v) is 5.66. The van der Waals surface area contributed by atoms with Gasteiger partial charge in [0, 0.05) is 17.0 Å². The van der Waals surface area contributed by atoms with Crippen LogP contribution in [0, 0.1) is 0 Å². The third-order valence-corrected chi connectivity index (χ3v) is 7.33. The topological polar surface area (TPSA) is 58.9 Å². The molecular weight excluding hydrogens is 392 g/mol. The van der Waals surface area contributed by atoms with Crippen molar-refractivity contribution in [3.05, 3.63) is 40.4 Å². The van der Waals surface area contributed by atoms with E-state index in [1.54, 1.807) is 6.08 Å². The number of hydrogen-bond donors (Lipinski definition) is 1. The molecule has 1 N–H and O–H groups in total. The molecule has 7 heteroatoms. The zero-order valence-corrected chi connectivity index (χ0v) is 15.9. The van der Waals surface area contributed by atoms with Crippen molar-refractivity contribution >= 4 is 37.8 Å². The highest BCUT2D eigenvalue weighted by Gasteiger charge is 2.37. The van der Waals surface area contributed by atoms with E-state index in [0.29, 0.717) is 24.6 Å². The van der Waals surface area contributed by atoms with Gasteiger partial charge in [0.05, 0.1) is 31.9 Å². The standard InChI is InChI=1S/C17H21BrN2O3S/c18-16-4-2-1-3-14(16)5-6-17(21)20-10-8-19(9-11-20)15-7-12-24(22,23)13-15/h1-6,15H,7-13H2/p+1/b6-5+/t15-/m0/s1. The highest BCUT2D eigenvalue weighted by molar-refractivity contribution is 9.10. The third kappa shape index (κ3) is 4.26. The number of rotatable bonds is 3. The number of halogens is 1. The summed E-state index contributed by atoms with van der Waals surface area (Å²) in [7, 11) is -2.83. The zero-order valence-electron chi connectivity index (χ0n) is 13.4. The summed E-state index contributed by atoms with van der Waals surface area (Å²) in [5, 5.41) is 0. The average Bonchev–Trinajstić information content (AvgIpc) is 2.94. The molecule has 3 rings (SSSR count). The number of nitrogens with zero attached hydrogens (tertiary/aromatic N) is 1. The lowest BCUT2D eigenvalue weighted by Crippen LogP contribution is -3.18. The van der Waals surface area contributed by atoms with Crippen molar-refractivity contribution in [1.82, 2.24) is 4.90 Å². The summed E-state index contributed by atoms with van der Waals surface area (Å²) in [5.41, 5.74) is 0.978. The van der Waals surface area contributed by atoms with E-state index in [-0.39, 0.29) is 11.9 Å². The molecule has 5 nitrogen and oxygen atoms in total. The van der Waals surface area contributed by atoms with Gasteiger partial charge >= 0.3 is 0 Å². The Hall–Kier alpha value is -1.18. The third-order valence-electron chi connectivity index (χ3n) is 4.84. The highest BCUT2D eigenvalue weighted by atomic mass is 79.9. The molecule has 0 unspecified atom stereocenters. The van der Waals surface area contributed by atoms with Crippen molar-refractivity contribution in [1.29, 1.82) is 0 Å². The lowest BCUT2D eigenvalue weighted by molar-refractivity contribution is -0.925. The Morgan fingerprint density at radius 1 is 1.25 bits per heavy atom. The van der Waals surface area contributed by atoms with Gasteiger partial charge in [0.15, 0.2) is 9.84 Å². The van der Waals surface area contributed by atoms with Crippen molar-refractivity contribution in [3.63, 3.8) is 0 Å². The number of benzene rings is 1. The van der Waals surface area contributed by atoms with Gasteiger partial charge in [0.2, 0.25) is 5.91 Å². The van der Waals surface area contributed by atoms with Crippen LogP contribution in [-0.4, -0.2) is 63.0 Å². The molecule has 0 aromatic heterocycles. The van der Waals surface area contributed by atoms with Crippen molar-refractivity contribution < 1.29 is 18.1 Å². The van der Waals surface area contributed by atoms with Crippen LogP contribution in [0.4, 0.5) is 0 Å². The number of quaternary nitrogens is 1. The summed E-state index contributed by atoms with van der Waals surface area (Å²) < 4.78 is 24.2. The van der Waals surface area contributed by atoms with Crippen LogP contribution in [0.5, 0.6) is 0 Å². The molecule has 1 aromatic carbocycles. The number of nitrogens with one attached hydrogen (secondary N) is 1. The van der Waals surface area contributed by atoms with Crippen LogP contribution in [0.1, 0.15) is 12.0 Å². The summed E-state index contributed by atoms with van der Waals surface area (Å²) in [6, 6.07) is 7.99. The second kappa shape index (κ2) is 7.37. The van der Waals surface area contributed by atoms with Crippen LogP contribution in [0.25, 0.3) is 6.08 Å². The van der Waals surface area contributed by atoms with E-state index < -0.39 is 9.84 Å². The molecule has 0 aliphatic carbocycles. The van der Waals surface area contributed by atoms with Gasteiger partial charge in [-0.25, -0.2) is 8.42 Å². The van der Waals surface area contributed by atoms with Gasteiger partial charge in [-0.2, -0.15) is 0 Å². The van der Waals surface area contributed by atoms with Gasteiger partial charge in [0.1, 0.15) is 11.8 Å². The second-order valence-corrected chi connectivity index (χ2v) is 9.52. The summed E-state index contributed by atoms with van der Waals surface area (Å²) in [4.78, 5) is 15.5. The van der Waals surface area contributed by atoms with Crippen molar-refractivity contribution in [2.24, 2.45) is 0 Å². The molecule has 130 valence electrons. The molecule has 2 heterocycles. The Labute approximate surface area is 151 Å². The summed E-state index contributed by atoms with van der Waals surface area (Å²) >= 11 is 3.47. The van der Waals surface area contributed by atoms with Gasteiger partial charge < -0.3 is 9.80 Å². The lowest BCUT2D eigenvalue weighted by atomic mass is 10.2. The number of sulfone groups is 1. The number of amides is 1. The quantitative estimate of drug-likeness (QED) is 0.728. The Morgan fingerprint density at radius 2 is 1.96 bits per heavy atom. The molecule has 1 aromatic rings. The molecule has 0 radical (unpaired) electrons. The molecule has 24 heavy (non-hydrogen) atoms. The van der Waals surface area contributed by atoms with Crippen LogP contribution in [0.3, 0.4) is 0 Å². The van der Waals surface area contributed by atoms with Crippen molar-refractivity contribution in [3.8, 4) is 0 Å². The Kier molecular flexibility index (Phi) is 5.42. The number of hydrogen-bond acceptors (Lipinski definition) is 3. The minimum absolute atomic E-state index is 0.0175. The first kappa shape index (κ1) is 17.6. The first-order chi connectivity index (χ1) is 11.4. The highest BCUT2D eigenvalue weighted by Crippen LogP contribution is 2.17. The summed E-state index contributed by atoms with van der Waals surface area (Å²) in [6.45, 7) is 3.03. The molecule has 1 amide bonds. The van der Waals surface area contributed by atoms with Crippen LogP contribution in [-0.2, 0) is 14.6 Å². The van der Waals surface area contributed by atoms with E-state index in [1.807, 2.05) is 35.2 Å². The van der Waals surface area contributed by atoms with Gasteiger partial charge in [-0.05, 0) is 17.7 Å². The molecular formula is C17H22BrN2O3S+. The van der Waals surface area contributed by atoms with Crippen LogP contribution in [0.15, 0.2) is 34.8 Å². The number of carbonyl (C=O) groups excluding carboxylic acids is 1. The molecule has 1 atom stereocenters. The Morgan fingerprint density at radius 3 is 2.58 bits per heavy atom. The summed E-state index contributed by atoms with van der Waals surface area (Å²) in [5.74, 6) is 0.639. The van der Waals surface area contributed by atoms with Gasteiger partial charge in [-0.15, -0.1) is 0 Å². The van der Waals surface area contributed by atoms with E-state index in [4.69, 9.17) is 0 Å². The fourth-order valence-electron chi connectivity index (χ4n) is 3.42. The number of carbonyl (C=O) groups is 1. The van der Waals surface area contributed by atoms with E-state index in [9.17, 15) is 13.2 Å². The van der Waals surface area contributed by atoms with Gasteiger partial charge in [0.25, 0.3) is 0 Å². The average molecular weight is 414 g/mol. The Bertz CT molecular complexity index is 740. The monoisotopic (exact) mass is 413 g/mol. The zero-order chi connectivity index (χ0) is 17.2. The molecule has 0 saturated carbocycles. The summed E-state index contributed by atoms with van der Waals surface area (Å²) in [6.07, 6.45) is 4.20. The van der Waals surface area contributed by atoms with Crippen molar-refractivity contribution in [2.75, 3.05) is 37.7 Å². The molecule has 0 bridgehead atoms. The molecule has 2 fully saturated rings. The van der Waals surface area contributed by atoms with Gasteiger partial charge in [-0.3, -0.25) is 4.79 Å².